The number of aliphatic imine (C=N–C) groups is 1. The third kappa shape index (κ3) is 5.31. The summed E-state index contributed by atoms with van der Waals surface area (Å²) in [7, 11) is -0.0512. The SMILES string of the molecule is COc1ccc(CN=C(N)NCC(C)(C)S(C)(=O)=O)cc1OC. The van der Waals surface area contributed by atoms with E-state index in [1.54, 1.807) is 34.1 Å². The summed E-state index contributed by atoms with van der Waals surface area (Å²) in [6.07, 6.45) is 1.20. The monoisotopic (exact) mass is 343 g/mol. The summed E-state index contributed by atoms with van der Waals surface area (Å²) in [6.45, 7) is 3.81. The molecule has 0 unspecified atom stereocenters. The molecule has 130 valence electrons. The van der Waals surface area contributed by atoms with Gasteiger partial charge in [-0.25, -0.2) is 13.4 Å². The van der Waals surface area contributed by atoms with Crippen LogP contribution >= 0.6 is 0 Å². The van der Waals surface area contributed by atoms with Crippen LogP contribution in [0.4, 0.5) is 0 Å². The van der Waals surface area contributed by atoms with Gasteiger partial charge in [-0.2, -0.15) is 0 Å². The first-order valence-corrected chi connectivity index (χ1v) is 8.94. The van der Waals surface area contributed by atoms with E-state index in [2.05, 4.69) is 10.3 Å². The topological polar surface area (TPSA) is 103 Å². The van der Waals surface area contributed by atoms with Crippen molar-refractivity contribution in [1.29, 1.82) is 0 Å². The molecule has 8 heteroatoms. The van der Waals surface area contributed by atoms with Crippen LogP contribution in [-0.2, 0) is 16.4 Å². The highest BCUT2D eigenvalue weighted by Gasteiger charge is 2.29. The van der Waals surface area contributed by atoms with Crippen LogP contribution < -0.4 is 20.5 Å². The Labute approximate surface area is 137 Å². The van der Waals surface area contributed by atoms with Gasteiger partial charge in [-0.15, -0.1) is 0 Å². The maximum Gasteiger partial charge on any atom is 0.188 e. The first-order chi connectivity index (χ1) is 10.6. The van der Waals surface area contributed by atoms with E-state index in [4.69, 9.17) is 15.2 Å². The van der Waals surface area contributed by atoms with Gasteiger partial charge in [0.2, 0.25) is 0 Å². The summed E-state index contributed by atoms with van der Waals surface area (Å²) in [5.41, 5.74) is 6.68. The van der Waals surface area contributed by atoms with Crippen molar-refractivity contribution >= 4 is 15.8 Å². The average molecular weight is 343 g/mol. The van der Waals surface area contributed by atoms with Crippen LogP contribution in [0.3, 0.4) is 0 Å². The largest absolute Gasteiger partial charge is 0.493 e. The minimum atomic E-state index is -3.19. The molecule has 1 rings (SSSR count). The Bertz CT molecular complexity index is 669. The van der Waals surface area contributed by atoms with Crippen molar-refractivity contribution in [3.8, 4) is 11.5 Å². The lowest BCUT2D eigenvalue weighted by Gasteiger charge is -2.22. The van der Waals surface area contributed by atoms with Gasteiger partial charge in [0.05, 0.1) is 25.5 Å². The zero-order valence-corrected chi connectivity index (χ0v) is 15.0. The second kappa shape index (κ2) is 7.54. The summed E-state index contributed by atoms with van der Waals surface area (Å²) in [6, 6.07) is 5.47. The van der Waals surface area contributed by atoms with Gasteiger partial charge >= 0.3 is 0 Å². The van der Waals surface area contributed by atoms with Crippen LogP contribution in [0.5, 0.6) is 11.5 Å². The first-order valence-electron chi connectivity index (χ1n) is 7.05. The molecule has 0 aliphatic carbocycles. The van der Waals surface area contributed by atoms with Crippen LogP contribution in [0, 0.1) is 0 Å². The predicted molar refractivity (Wildman–Crippen MR) is 91.8 cm³/mol. The number of ether oxygens (including phenoxy) is 2. The van der Waals surface area contributed by atoms with Crippen LogP contribution in [0.15, 0.2) is 23.2 Å². The standard InChI is InChI=1S/C15H25N3O4S/c1-15(2,23(5,19)20)10-18-14(16)17-9-11-6-7-12(21-3)13(8-11)22-4/h6-8H,9-10H2,1-5H3,(H3,16,17,18). The Kier molecular flexibility index (Phi) is 6.26. The Morgan fingerprint density at radius 2 is 1.87 bits per heavy atom. The van der Waals surface area contributed by atoms with E-state index in [0.717, 1.165) is 5.56 Å². The van der Waals surface area contributed by atoms with Crippen molar-refractivity contribution in [2.75, 3.05) is 27.0 Å². The number of nitrogens with zero attached hydrogens (tertiary/aromatic N) is 1. The molecule has 0 bridgehead atoms. The summed E-state index contributed by atoms with van der Waals surface area (Å²) in [5, 5.41) is 2.84. The molecule has 0 heterocycles. The maximum atomic E-state index is 11.6. The molecule has 7 nitrogen and oxygen atoms in total. The highest BCUT2D eigenvalue weighted by Crippen LogP contribution is 2.27. The van der Waals surface area contributed by atoms with E-state index in [1.165, 1.54) is 6.26 Å². The van der Waals surface area contributed by atoms with Gasteiger partial charge in [0.15, 0.2) is 27.3 Å². The van der Waals surface area contributed by atoms with Crippen molar-refractivity contribution in [3.63, 3.8) is 0 Å². The Hall–Kier alpha value is -1.96. The molecule has 0 atom stereocenters. The van der Waals surface area contributed by atoms with E-state index in [9.17, 15) is 8.42 Å². The van der Waals surface area contributed by atoms with Crippen LogP contribution in [0.25, 0.3) is 0 Å². The molecule has 0 saturated carbocycles. The molecular formula is C15H25N3O4S. The average Bonchev–Trinajstić information content (AvgIpc) is 2.49. The molecule has 0 saturated heterocycles. The Morgan fingerprint density at radius 1 is 1.26 bits per heavy atom. The van der Waals surface area contributed by atoms with Crippen molar-refractivity contribution in [2.24, 2.45) is 10.7 Å². The predicted octanol–water partition coefficient (Wildman–Crippen LogP) is 0.931. The lowest BCUT2D eigenvalue weighted by molar-refractivity contribution is 0.354. The number of hydrogen-bond acceptors (Lipinski definition) is 5. The molecule has 0 fully saturated rings. The summed E-state index contributed by atoms with van der Waals surface area (Å²) >= 11 is 0. The quantitative estimate of drug-likeness (QED) is 0.564. The number of hydrogen-bond donors (Lipinski definition) is 2. The first kappa shape index (κ1) is 19.1. The van der Waals surface area contributed by atoms with Gasteiger partial charge in [-0.05, 0) is 31.5 Å². The molecular weight excluding hydrogens is 318 g/mol. The van der Waals surface area contributed by atoms with E-state index in [-0.39, 0.29) is 12.5 Å². The highest BCUT2D eigenvalue weighted by atomic mass is 32.2. The fraction of sp³-hybridized carbons (Fsp3) is 0.533. The molecule has 3 N–H and O–H groups in total. The summed E-state index contributed by atoms with van der Waals surface area (Å²) in [4.78, 5) is 4.20. The molecule has 0 aliphatic heterocycles. The van der Waals surface area contributed by atoms with Crippen molar-refractivity contribution in [2.45, 2.75) is 25.1 Å². The summed E-state index contributed by atoms with van der Waals surface area (Å²) in [5.74, 6) is 1.45. The second-order valence-electron chi connectivity index (χ2n) is 5.78. The zero-order chi connectivity index (χ0) is 17.7. The molecule has 0 radical (unpaired) electrons. The van der Waals surface area contributed by atoms with Crippen LogP contribution in [0.1, 0.15) is 19.4 Å². The second-order valence-corrected chi connectivity index (χ2v) is 8.43. The molecule has 1 aromatic rings. The van der Waals surface area contributed by atoms with E-state index < -0.39 is 14.6 Å². The van der Waals surface area contributed by atoms with Gasteiger partial charge in [0.25, 0.3) is 0 Å². The van der Waals surface area contributed by atoms with Gasteiger partial charge in [0.1, 0.15) is 0 Å². The van der Waals surface area contributed by atoms with E-state index in [0.29, 0.717) is 18.0 Å². The Balaban J connectivity index is 2.71. The normalized spacial score (nSPS) is 12.8. The van der Waals surface area contributed by atoms with Crippen molar-refractivity contribution in [1.82, 2.24) is 5.32 Å². The lowest BCUT2D eigenvalue weighted by Crippen LogP contribution is -2.46. The number of nitrogens with one attached hydrogen (secondary N) is 1. The maximum absolute atomic E-state index is 11.6. The fourth-order valence-electron chi connectivity index (χ4n) is 1.65. The molecule has 0 amide bonds. The molecule has 0 aromatic heterocycles. The minimum Gasteiger partial charge on any atom is -0.493 e. The fourth-order valence-corrected chi connectivity index (χ4v) is 1.98. The summed E-state index contributed by atoms with van der Waals surface area (Å²) < 4.78 is 32.7. The smallest absolute Gasteiger partial charge is 0.188 e. The van der Waals surface area contributed by atoms with Crippen LogP contribution in [0.2, 0.25) is 0 Å². The van der Waals surface area contributed by atoms with E-state index >= 15 is 0 Å². The number of rotatable bonds is 7. The van der Waals surface area contributed by atoms with Gasteiger partial charge in [-0.1, -0.05) is 6.07 Å². The molecule has 1 aromatic carbocycles. The third-order valence-corrected chi connectivity index (χ3v) is 5.73. The van der Waals surface area contributed by atoms with Crippen molar-refractivity contribution < 1.29 is 17.9 Å². The molecule has 23 heavy (non-hydrogen) atoms. The minimum absolute atomic E-state index is 0.188. The molecule has 0 spiro atoms. The zero-order valence-electron chi connectivity index (χ0n) is 14.2. The van der Waals surface area contributed by atoms with E-state index in [1.807, 2.05) is 12.1 Å². The highest BCUT2D eigenvalue weighted by molar-refractivity contribution is 7.92. The Morgan fingerprint density at radius 3 is 2.39 bits per heavy atom. The third-order valence-electron chi connectivity index (χ3n) is 3.58. The lowest BCUT2D eigenvalue weighted by atomic mass is 10.2. The molecule has 0 aliphatic rings. The van der Waals surface area contributed by atoms with Gasteiger partial charge < -0.3 is 20.5 Å². The van der Waals surface area contributed by atoms with Gasteiger partial charge in [0, 0.05) is 12.8 Å². The van der Waals surface area contributed by atoms with Crippen LogP contribution in [-0.4, -0.2) is 46.1 Å². The van der Waals surface area contributed by atoms with Gasteiger partial charge in [-0.3, -0.25) is 0 Å². The number of benzene rings is 1. The number of nitrogens with two attached hydrogens (primary N) is 1. The number of methoxy groups -OCH3 is 2. The number of sulfone groups is 1. The van der Waals surface area contributed by atoms with Crippen molar-refractivity contribution in [3.05, 3.63) is 23.8 Å². The number of guanidine groups is 1.